The smallest absolute Gasteiger partial charge is 0.249 e. The van der Waals surface area contributed by atoms with E-state index < -0.39 is 6.04 Å². The van der Waals surface area contributed by atoms with Gasteiger partial charge >= 0.3 is 0 Å². The third-order valence-corrected chi connectivity index (χ3v) is 5.35. The molecule has 2 heterocycles. The fourth-order valence-corrected chi connectivity index (χ4v) is 3.93. The van der Waals surface area contributed by atoms with Crippen LogP contribution in [0, 0.1) is 6.92 Å². The average Bonchev–Trinajstić information content (AvgIpc) is 3.12. The summed E-state index contributed by atoms with van der Waals surface area (Å²) in [7, 11) is 0. The van der Waals surface area contributed by atoms with Crippen LogP contribution in [0.2, 0.25) is 0 Å². The number of hydrogen-bond acceptors (Lipinski definition) is 4. The summed E-state index contributed by atoms with van der Waals surface area (Å²) in [5.41, 5.74) is 4.03. The van der Waals surface area contributed by atoms with E-state index in [4.69, 9.17) is 0 Å². The van der Waals surface area contributed by atoms with E-state index >= 15 is 0 Å². The van der Waals surface area contributed by atoms with E-state index in [-0.39, 0.29) is 24.3 Å². The van der Waals surface area contributed by atoms with E-state index in [1.54, 1.807) is 13.0 Å². The number of hydrogen-bond donors (Lipinski definition) is 2. The summed E-state index contributed by atoms with van der Waals surface area (Å²) in [5.74, 6) is -0.233. The maximum atomic E-state index is 13.0. The first-order valence-electron chi connectivity index (χ1n) is 9.82. The van der Waals surface area contributed by atoms with Gasteiger partial charge in [-0.1, -0.05) is 12.1 Å². The van der Waals surface area contributed by atoms with Gasteiger partial charge in [0.05, 0.1) is 11.4 Å². The summed E-state index contributed by atoms with van der Waals surface area (Å²) < 4.78 is 0. The molecule has 0 spiro atoms. The van der Waals surface area contributed by atoms with Crippen LogP contribution in [-0.4, -0.2) is 36.9 Å². The third kappa shape index (κ3) is 3.68. The van der Waals surface area contributed by atoms with Gasteiger partial charge in [-0.05, 0) is 56.2 Å². The van der Waals surface area contributed by atoms with Crippen LogP contribution in [0.1, 0.15) is 25.3 Å². The summed E-state index contributed by atoms with van der Waals surface area (Å²) in [6.07, 6.45) is 1.48. The predicted molar refractivity (Wildman–Crippen MR) is 113 cm³/mol. The van der Waals surface area contributed by atoms with Gasteiger partial charge in [-0.2, -0.15) is 0 Å². The SMILES string of the molecule is Cc1cc(N[C@H](C)C(=O)N2CC(=O)Nc3ccccc32)ccc1N1CCCC1=O. The molecule has 7 heteroatoms. The summed E-state index contributed by atoms with van der Waals surface area (Å²) in [4.78, 5) is 40.4. The molecule has 150 valence electrons. The number of nitrogens with zero attached hydrogens (tertiary/aromatic N) is 2. The van der Waals surface area contributed by atoms with Crippen LogP contribution < -0.4 is 20.4 Å². The van der Waals surface area contributed by atoms with Gasteiger partial charge < -0.3 is 15.5 Å². The van der Waals surface area contributed by atoms with Crippen molar-refractivity contribution >= 4 is 40.5 Å². The van der Waals surface area contributed by atoms with Crippen LogP contribution in [0.25, 0.3) is 0 Å². The van der Waals surface area contributed by atoms with Crippen molar-refractivity contribution in [2.24, 2.45) is 0 Å². The second-order valence-corrected chi connectivity index (χ2v) is 7.51. The Hall–Kier alpha value is -3.35. The van der Waals surface area contributed by atoms with Crippen molar-refractivity contribution in [3.63, 3.8) is 0 Å². The highest BCUT2D eigenvalue weighted by molar-refractivity contribution is 6.11. The minimum Gasteiger partial charge on any atom is -0.374 e. The van der Waals surface area contributed by atoms with Gasteiger partial charge in [-0.3, -0.25) is 19.3 Å². The highest BCUT2D eigenvalue weighted by Gasteiger charge is 2.30. The van der Waals surface area contributed by atoms with Gasteiger partial charge in [-0.15, -0.1) is 0 Å². The molecule has 2 aromatic carbocycles. The molecule has 0 unspecified atom stereocenters. The van der Waals surface area contributed by atoms with Gasteiger partial charge in [-0.25, -0.2) is 0 Å². The van der Waals surface area contributed by atoms with Gasteiger partial charge in [0.25, 0.3) is 0 Å². The number of aryl methyl sites for hydroxylation is 1. The van der Waals surface area contributed by atoms with Crippen LogP contribution >= 0.6 is 0 Å². The number of benzene rings is 2. The topological polar surface area (TPSA) is 81.8 Å². The molecule has 2 aromatic rings. The maximum absolute atomic E-state index is 13.0. The molecule has 0 bridgehead atoms. The minimum absolute atomic E-state index is 0.00307. The quantitative estimate of drug-likeness (QED) is 0.838. The maximum Gasteiger partial charge on any atom is 0.249 e. The van der Waals surface area contributed by atoms with E-state index in [1.165, 1.54) is 4.90 Å². The van der Waals surface area contributed by atoms with Crippen LogP contribution in [0.3, 0.4) is 0 Å². The zero-order valence-electron chi connectivity index (χ0n) is 16.6. The third-order valence-electron chi connectivity index (χ3n) is 5.35. The van der Waals surface area contributed by atoms with Crippen molar-refractivity contribution in [2.75, 3.05) is 33.5 Å². The first-order chi connectivity index (χ1) is 13.9. The van der Waals surface area contributed by atoms with Crippen molar-refractivity contribution in [3.8, 4) is 0 Å². The largest absolute Gasteiger partial charge is 0.374 e. The monoisotopic (exact) mass is 392 g/mol. The van der Waals surface area contributed by atoms with Crippen LogP contribution in [-0.2, 0) is 14.4 Å². The van der Waals surface area contributed by atoms with E-state index in [0.29, 0.717) is 17.8 Å². The molecular formula is C22H24N4O3. The molecule has 1 atom stereocenters. The lowest BCUT2D eigenvalue weighted by Gasteiger charge is -2.31. The lowest BCUT2D eigenvalue weighted by Crippen LogP contribution is -2.47. The first-order valence-corrected chi connectivity index (χ1v) is 9.82. The Morgan fingerprint density at radius 2 is 1.93 bits per heavy atom. The zero-order valence-corrected chi connectivity index (χ0v) is 16.6. The van der Waals surface area contributed by atoms with Crippen molar-refractivity contribution in [1.29, 1.82) is 0 Å². The molecule has 2 N–H and O–H groups in total. The second-order valence-electron chi connectivity index (χ2n) is 7.51. The van der Waals surface area contributed by atoms with Crippen molar-refractivity contribution in [3.05, 3.63) is 48.0 Å². The van der Waals surface area contributed by atoms with Gasteiger partial charge in [0.2, 0.25) is 17.7 Å². The van der Waals surface area contributed by atoms with Crippen LogP contribution in [0.5, 0.6) is 0 Å². The molecule has 29 heavy (non-hydrogen) atoms. The minimum atomic E-state index is -0.521. The molecule has 1 saturated heterocycles. The summed E-state index contributed by atoms with van der Waals surface area (Å²) in [6, 6.07) is 12.5. The molecule has 1 fully saturated rings. The van der Waals surface area contributed by atoms with E-state index in [0.717, 1.165) is 29.9 Å². The van der Waals surface area contributed by atoms with Crippen molar-refractivity contribution < 1.29 is 14.4 Å². The highest BCUT2D eigenvalue weighted by atomic mass is 16.2. The Kier molecular flexibility index (Phi) is 4.96. The number of fused-ring (bicyclic) bond motifs is 1. The highest BCUT2D eigenvalue weighted by Crippen LogP contribution is 2.30. The number of para-hydroxylation sites is 2. The predicted octanol–water partition coefficient (Wildman–Crippen LogP) is 2.91. The van der Waals surface area contributed by atoms with Crippen molar-refractivity contribution in [1.82, 2.24) is 0 Å². The summed E-state index contributed by atoms with van der Waals surface area (Å²) in [5, 5.41) is 6.02. The van der Waals surface area contributed by atoms with Crippen molar-refractivity contribution in [2.45, 2.75) is 32.7 Å². The Morgan fingerprint density at radius 3 is 2.66 bits per heavy atom. The summed E-state index contributed by atoms with van der Waals surface area (Å²) >= 11 is 0. The molecule has 2 aliphatic rings. The number of carbonyl (C=O) groups is 3. The Balaban J connectivity index is 1.50. The number of anilines is 4. The lowest BCUT2D eigenvalue weighted by molar-refractivity contribution is -0.122. The Morgan fingerprint density at radius 1 is 1.14 bits per heavy atom. The van der Waals surface area contributed by atoms with Crippen LogP contribution in [0.15, 0.2) is 42.5 Å². The fourth-order valence-electron chi connectivity index (χ4n) is 3.93. The molecule has 0 aromatic heterocycles. The first kappa shape index (κ1) is 19.0. The Bertz CT molecular complexity index is 988. The molecule has 0 aliphatic carbocycles. The second kappa shape index (κ2) is 7.58. The molecular weight excluding hydrogens is 368 g/mol. The molecule has 0 radical (unpaired) electrons. The van der Waals surface area contributed by atoms with Crippen LogP contribution in [0.4, 0.5) is 22.7 Å². The van der Waals surface area contributed by atoms with E-state index in [2.05, 4.69) is 10.6 Å². The number of rotatable bonds is 4. The van der Waals surface area contributed by atoms with E-state index in [1.807, 2.05) is 48.2 Å². The number of nitrogens with one attached hydrogen (secondary N) is 2. The standard InChI is InChI=1S/C22H24N4O3/c1-14-12-16(9-10-18(14)25-11-5-8-21(25)28)23-15(2)22(29)26-13-20(27)24-17-6-3-4-7-19(17)26/h3-4,6-7,9-10,12,15,23H,5,8,11,13H2,1-2H3,(H,24,27)/t15-/m1/s1. The fraction of sp³-hybridized carbons (Fsp3) is 0.318. The molecule has 3 amide bonds. The van der Waals surface area contributed by atoms with Gasteiger partial charge in [0.1, 0.15) is 12.6 Å². The summed E-state index contributed by atoms with van der Waals surface area (Å²) in [6.45, 7) is 4.49. The molecule has 2 aliphatic heterocycles. The normalized spacial score (nSPS) is 17.0. The van der Waals surface area contributed by atoms with E-state index in [9.17, 15) is 14.4 Å². The van der Waals surface area contributed by atoms with Gasteiger partial charge in [0, 0.05) is 24.3 Å². The number of carbonyl (C=O) groups excluding carboxylic acids is 3. The van der Waals surface area contributed by atoms with Gasteiger partial charge in [0.15, 0.2) is 0 Å². The Labute approximate surface area is 169 Å². The molecule has 4 rings (SSSR count). The molecule has 0 saturated carbocycles. The number of amides is 3. The average molecular weight is 392 g/mol. The zero-order chi connectivity index (χ0) is 20.5. The molecule has 7 nitrogen and oxygen atoms in total. The lowest BCUT2D eigenvalue weighted by atomic mass is 10.1.